The first-order valence-corrected chi connectivity index (χ1v) is 12.3. The molecule has 1 saturated heterocycles. The molecule has 36 heavy (non-hydrogen) atoms. The summed E-state index contributed by atoms with van der Waals surface area (Å²) in [5, 5.41) is 9.37. The molecule has 0 radical (unpaired) electrons. The summed E-state index contributed by atoms with van der Waals surface area (Å²) >= 11 is 6.39. The van der Waals surface area contributed by atoms with Crippen molar-refractivity contribution in [3.8, 4) is 5.75 Å². The minimum Gasteiger partial charge on any atom is -0.490 e. The third kappa shape index (κ3) is 4.84. The Labute approximate surface area is 213 Å². The van der Waals surface area contributed by atoms with Crippen LogP contribution in [-0.2, 0) is 14.3 Å². The highest BCUT2D eigenvalue weighted by Gasteiger charge is 2.30. The number of ether oxygens (including phenoxy) is 2. The molecule has 1 fully saturated rings. The number of halogens is 1. The van der Waals surface area contributed by atoms with E-state index >= 15 is 0 Å². The maximum atomic E-state index is 13.4. The first kappa shape index (κ1) is 24.4. The third-order valence-corrected chi connectivity index (χ3v) is 6.80. The number of H-pyrrole nitrogens is 1. The van der Waals surface area contributed by atoms with Crippen molar-refractivity contribution in [2.24, 2.45) is 0 Å². The molecule has 1 aromatic heterocycles. The topological polar surface area (TPSA) is 125 Å². The molecular formula is C25H28ClN5O5. The average Bonchev–Trinajstić information content (AvgIpc) is 3.55. The highest BCUT2D eigenvalue weighted by atomic mass is 35.5. The molecule has 0 saturated carbocycles. The minimum atomic E-state index is -0.888. The molecule has 3 amide bonds. The van der Waals surface area contributed by atoms with Crippen molar-refractivity contribution in [2.45, 2.75) is 25.5 Å². The van der Waals surface area contributed by atoms with Gasteiger partial charge in [-0.05, 0) is 44.2 Å². The summed E-state index contributed by atoms with van der Waals surface area (Å²) in [5.41, 5.74) is 3.22. The number of carbonyl (C=O) groups is 3. The maximum absolute atomic E-state index is 13.4. The number of aryl methyl sites for hydroxylation is 1. The molecule has 3 aliphatic heterocycles. The number of amides is 3. The second-order valence-corrected chi connectivity index (χ2v) is 9.62. The second kappa shape index (κ2) is 9.96. The van der Waals surface area contributed by atoms with Crippen LogP contribution in [-0.4, -0.2) is 79.6 Å². The average molecular weight is 514 g/mol. The summed E-state index contributed by atoms with van der Waals surface area (Å²) in [6.07, 6.45) is 1.60. The van der Waals surface area contributed by atoms with E-state index in [9.17, 15) is 14.4 Å². The second-order valence-electron chi connectivity index (χ2n) is 9.21. The summed E-state index contributed by atoms with van der Waals surface area (Å²) in [5.74, 6) is -0.485. The molecule has 0 spiro atoms. The van der Waals surface area contributed by atoms with Crippen molar-refractivity contribution >= 4 is 46.7 Å². The summed E-state index contributed by atoms with van der Waals surface area (Å²) in [6, 6.07) is 5.08. The Balaban J connectivity index is 1.51. The van der Waals surface area contributed by atoms with Crippen LogP contribution in [0.15, 0.2) is 18.2 Å². The fourth-order valence-electron chi connectivity index (χ4n) is 4.65. The zero-order valence-corrected chi connectivity index (χ0v) is 20.8. The molecule has 5 rings (SSSR count). The Bertz CT molecular complexity index is 1250. The number of carbonyl (C=O) groups excluding carboxylic acids is 3. The van der Waals surface area contributed by atoms with E-state index in [1.54, 1.807) is 31.3 Å². The number of nitrogens with zero attached hydrogens (tertiary/aromatic N) is 1. The van der Waals surface area contributed by atoms with E-state index in [1.807, 2.05) is 6.92 Å². The molecule has 3 aliphatic rings. The minimum absolute atomic E-state index is 0.0184. The van der Waals surface area contributed by atoms with Gasteiger partial charge in [-0.3, -0.25) is 14.4 Å². The van der Waals surface area contributed by atoms with E-state index in [4.69, 9.17) is 21.1 Å². The molecule has 2 bridgehead atoms. The molecular weight excluding hydrogens is 486 g/mol. The van der Waals surface area contributed by atoms with Crippen molar-refractivity contribution < 1.29 is 23.9 Å². The van der Waals surface area contributed by atoms with Crippen molar-refractivity contribution in [3.05, 3.63) is 45.7 Å². The van der Waals surface area contributed by atoms with Gasteiger partial charge < -0.3 is 35.3 Å². The fraction of sp³-hybridized carbons (Fsp3) is 0.400. The Morgan fingerprint density at radius 2 is 2.03 bits per heavy atom. The predicted molar refractivity (Wildman–Crippen MR) is 135 cm³/mol. The van der Waals surface area contributed by atoms with Crippen molar-refractivity contribution in [1.82, 2.24) is 20.5 Å². The molecule has 0 aliphatic carbocycles. The number of hydrogen-bond donors (Lipinski definition) is 4. The quantitative estimate of drug-likeness (QED) is 0.485. The highest BCUT2D eigenvalue weighted by molar-refractivity contribution is 6.37. The molecule has 1 unspecified atom stereocenters. The first-order valence-electron chi connectivity index (χ1n) is 11.9. The van der Waals surface area contributed by atoms with E-state index in [2.05, 4.69) is 20.9 Å². The van der Waals surface area contributed by atoms with E-state index in [-0.39, 0.29) is 43.5 Å². The number of anilines is 1. The lowest BCUT2D eigenvalue weighted by atomic mass is 10.0. The normalized spacial score (nSPS) is 23.6. The monoisotopic (exact) mass is 513 g/mol. The van der Waals surface area contributed by atoms with Crippen LogP contribution in [0.2, 0.25) is 5.02 Å². The van der Waals surface area contributed by atoms with E-state index in [0.717, 1.165) is 18.7 Å². The summed E-state index contributed by atoms with van der Waals surface area (Å²) in [4.78, 5) is 43.9. The van der Waals surface area contributed by atoms with Gasteiger partial charge in [0.2, 0.25) is 0 Å². The van der Waals surface area contributed by atoms with Gasteiger partial charge in [-0.2, -0.15) is 0 Å². The summed E-state index contributed by atoms with van der Waals surface area (Å²) in [6.45, 7) is 3.65. The molecule has 11 heteroatoms. The van der Waals surface area contributed by atoms with Gasteiger partial charge in [0.25, 0.3) is 17.7 Å². The molecule has 4 heterocycles. The fourth-order valence-corrected chi connectivity index (χ4v) is 4.87. The van der Waals surface area contributed by atoms with E-state index < -0.39 is 6.10 Å². The van der Waals surface area contributed by atoms with Crippen molar-refractivity contribution in [3.63, 3.8) is 0 Å². The van der Waals surface area contributed by atoms with Crippen LogP contribution in [0.4, 0.5) is 5.69 Å². The van der Waals surface area contributed by atoms with Crippen LogP contribution < -0.4 is 20.7 Å². The van der Waals surface area contributed by atoms with Crippen LogP contribution in [0.25, 0.3) is 11.6 Å². The zero-order valence-electron chi connectivity index (χ0n) is 20.1. The van der Waals surface area contributed by atoms with Crippen LogP contribution in [0, 0.1) is 6.92 Å². The molecule has 4 N–H and O–H groups in total. The lowest BCUT2D eigenvalue weighted by Crippen LogP contribution is -2.48. The van der Waals surface area contributed by atoms with Crippen LogP contribution in [0.3, 0.4) is 0 Å². The Morgan fingerprint density at radius 1 is 1.19 bits per heavy atom. The molecule has 1 aromatic carbocycles. The van der Waals surface area contributed by atoms with Gasteiger partial charge in [-0.15, -0.1) is 0 Å². The van der Waals surface area contributed by atoms with Crippen LogP contribution in [0.5, 0.6) is 5.75 Å². The number of fused-ring (bicyclic) bond motifs is 2. The first-order chi connectivity index (χ1) is 17.3. The number of hydrogen-bond acceptors (Lipinski definition) is 6. The Hall–Kier alpha value is -3.34. The van der Waals surface area contributed by atoms with Gasteiger partial charge in [0.05, 0.1) is 40.7 Å². The number of likely N-dealkylation sites (N-methyl/N-ethyl adjacent to an activating group) is 1. The van der Waals surface area contributed by atoms with Gasteiger partial charge >= 0.3 is 0 Å². The van der Waals surface area contributed by atoms with Crippen LogP contribution >= 0.6 is 11.6 Å². The standard InChI is InChI=1S/C25H28ClN5O5/c1-13-7-17-19(28-13)8-16-15-9-21(18(26)10-20(15)30-23(16)32)35-5-6-36-22(12-31(2)25(17)34)24(33)29-14-3-4-27-11-14/h7-10,14,22,27-28H,3-6,11-12H2,1-2H3,(H,29,33)(H,30,32)/b16-8-/t14?,22-/m1/s1. The number of nitrogens with one attached hydrogen (secondary N) is 4. The van der Waals surface area contributed by atoms with Crippen molar-refractivity contribution in [1.29, 1.82) is 0 Å². The Morgan fingerprint density at radius 3 is 2.81 bits per heavy atom. The van der Waals surface area contributed by atoms with E-state index in [0.29, 0.717) is 45.4 Å². The largest absolute Gasteiger partial charge is 0.490 e. The maximum Gasteiger partial charge on any atom is 0.256 e. The zero-order chi connectivity index (χ0) is 25.4. The van der Waals surface area contributed by atoms with Gasteiger partial charge in [0.15, 0.2) is 6.10 Å². The Kier molecular flexibility index (Phi) is 6.74. The molecule has 10 nitrogen and oxygen atoms in total. The molecule has 2 atom stereocenters. The summed E-state index contributed by atoms with van der Waals surface area (Å²) in [7, 11) is 1.63. The lowest BCUT2D eigenvalue weighted by Gasteiger charge is -2.25. The van der Waals surface area contributed by atoms with Gasteiger partial charge in [0.1, 0.15) is 12.4 Å². The lowest BCUT2D eigenvalue weighted by molar-refractivity contribution is -0.134. The highest BCUT2D eigenvalue weighted by Crippen LogP contribution is 2.40. The summed E-state index contributed by atoms with van der Waals surface area (Å²) < 4.78 is 11.8. The van der Waals surface area contributed by atoms with Gasteiger partial charge in [-0.1, -0.05) is 11.6 Å². The molecule has 190 valence electrons. The number of benzene rings is 1. The number of aromatic amines is 1. The number of rotatable bonds is 2. The molecule has 2 aromatic rings. The third-order valence-electron chi connectivity index (χ3n) is 6.50. The number of aromatic nitrogens is 1. The predicted octanol–water partition coefficient (Wildman–Crippen LogP) is 1.80. The van der Waals surface area contributed by atoms with Crippen LogP contribution in [0.1, 0.15) is 33.7 Å². The van der Waals surface area contributed by atoms with Gasteiger partial charge in [-0.25, -0.2) is 0 Å². The van der Waals surface area contributed by atoms with Crippen molar-refractivity contribution in [2.75, 3.05) is 45.2 Å². The smallest absolute Gasteiger partial charge is 0.256 e. The van der Waals surface area contributed by atoms with Gasteiger partial charge in [0, 0.05) is 30.9 Å². The van der Waals surface area contributed by atoms with E-state index in [1.165, 1.54) is 4.90 Å². The SMILES string of the molecule is Cc1cc2c([nH]1)/C=C1\C(=O)Nc3cc(Cl)c(cc31)OCCO[C@@H](C(=O)NC1CCNC1)CN(C)C2=O.